The minimum atomic E-state index is -3.53. The second-order valence-electron chi connectivity index (χ2n) is 4.89. The molecular weight excluding hydrogens is 373 g/mol. The molecule has 0 spiro atoms. The highest BCUT2D eigenvalue weighted by atomic mass is 35.5. The maximum atomic E-state index is 12.1. The standard InChI is InChI=1S/C16H17Cl2NO4S/c1-22-15-4-2-3-5-16(15)23-9-8-19-24(20,21)11-12-6-7-13(17)10-14(12)18/h2-7,10,19H,8-9,11H2,1H3. The molecule has 0 amide bonds. The quantitative estimate of drug-likeness (QED) is 0.701. The summed E-state index contributed by atoms with van der Waals surface area (Å²) < 4.78 is 37.3. The van der Waals surface area contributed by atoms with E-state index in [0.717, 1.165) is 0 Å². The molecule has 0 heterocycles. The summed E-state index contributed by atoms with van der Waals surface area (Å²) in [4.78, 5) is 0. The first-order chi connectivity index (χ1) is 11.4. The molecular formula is C16H17Cl2NO4S. The first kappa shape index (κ1) is 18.9. The smallest absolute Gasteiger partial charge is 0.215 e. The molecule has 0 aliphatic heterocycles. The Morgan fingerprint density at radius 1 is 1.08 bits per heavy atom. The topological polar surface area (TPSA) is 64.6 Å². The summed E-state index contributed by atoms with van der Waals surface area (Å²) in [5, 5.41) is 0.775. The Kier molecular flexibility index (Phi) is 6.74. The lowest BCUT2D eigenvalue weighted by Crippen LogP contribution is -2.29. The molecule has 2 aromatic rings. The van der Waals surface area contributed by atoms with Crippen molar-refractivity contribution in [3.8, 4) is 11.5 Å². The van der Waals surface area contributed by atoms with Gasteiger partial charge in [-0.3, -0.25) is 0 Å². The maximum absolute atomic E-state index is 12.1. The van der Waals surface area contributed by atoms with E-state index >= 15 is 0 Å². The number of sulfonamides is 1. The van der Waals surface area contributed by atoms with Crippen LogP contribution >= 0.6 is 23.2 Å². The lowest BCUT2D eigenvalue weighted by Gasteiger charge is -2.11. The Morgan fingerprint density at radius 3 is 2.46 bits per heavy atom. The van der Waals surface area contributed by atoms with E-state index in [1.807, 2.05) is 12.1 Å². The largest absolute Gasteiger partial charge is 0.493 e. The number of methoxy groups -OCH3 is 1. The zero-order valence-corrected chi connectivity index (χ0v) is 15.3. The Hall–Kier alpha value is -1.47. The van der Waals surface area contributed by atoms with Crippen LogP contribution in [0.15, 0.2) is 42.5 Å². The van der Waals surface area contributed by atoms with Crippen LogP contribution < -0.4 is 14.2 Å². The molecule has 2 rings (SSSR count). The van der Waals surface area contributed by atoms with Gasteiger partial charge >= 0.3 is 0 Å². The molecule has 0 saturated carbocycles. The Morgan fingerprint density at radius 2 is 1.79 bits per heavy atom. The molecule has 130 valence electrons. The van der Waals surface area contributed by atoms with Gasteiger partial charge in [-0.1, -0.05) is 41.4 Å². The van der Waals surface area contributed by atoms with Crippen LogP contribution in [0.3, 0.4) is 0 Å². The summed E-state index contributed by atoms with van der Waals surface area (Å²) in [6, 6.07) is 11.9. The van der Waals surface area contributed by atoms with E-state index in [1.165, 1.54) is 6.07 Å². The summed E-state index contributed by atoms with van der Waals surface area (Å²) in [5.74, 6) is 0.922. The monoisotopic (exact) mass is 389 g/mol. The SMILES string of the molecule is COc1ccccc1OCCNS(=O)(=O)Cc1ccc(Cl)cc1Cl. The normalized spacial score (nSPS) is 11.3. The van der Waals surface area contributed by atoms with Gasteiger partial charge in [0, 0.05) is 16.6 Å². The first-order valence-corrected chi connectivity index (χ1v) is 9.49. The predicted molar refractivity (Wildman–Crippen MR) is 95.6 cm³/mol. The number of hydrogen-bond acceptors (Lipinski definition) is 4. The van der Waals surface area contributed by atoms with E-state index in [4.69, 9.17) is 32.7 Å². The van der Waals surface area contributed by atoms with Gasteiger partial charge in [-0.15, -0.1) is 0 Å². The average Bonchev–Trinajstić information content (AvgIpc) is 2.54. The molecule has 24 heavy (non-hydrogen) atoms. The molecule has 5 nitrogen and oxygen atoms in total. The van der Waals surface area contributed by atoms with Gasteiger partial charge in [0.25, 0.3) is 0 Å². The van der Waals surface area contributed by atoms with Crippen molar-refractivity contribution in [2.45, 2.75) is 5.75 Å². The molecule has 0 atom stereocenters. The fourth-order valence-electron chi connectivity index (χ4n) is 1.99. The van der Waals surface area contributed by atoms with Crippen molar-refractivity contribution in [2.75, 3.05) is 20.3 Å². The summed E-state index contributed by atoms with van der Waals surface area (Å²) >= 11 is 11.8. The third-order valence-electron chi connectivity index (χ3n) is 3.11. The Labute approximate surface area is 151 Å². The molecule has 0 aliphatic carbocycles. The maximum Gasteiger partial charge on any atom is 0.215 e. The number of halogens is 2. The second-order valence-corrected chi connectivity index (χ2v) is 7.54. The zero-order valence-electron chi connectivity index (χ0n) is 13.0. The van der Waals surface area contributed by atoms with Crippen LogP contribution in [-0.4, -0.2) is 28.7 Å². The van der Waals surface area contributed by atoms with Crippen molar-refractivity contribution >= 4 is 33.2 Å². The van der Waals surface area contributed by atoms with Crippen LogP contribution in [0.2, 0.25) is 10.0 Å². The van der Waals surface area contributed by atoms with E-state index in [1.54, 1.807) is 31.4 Å². The minimum Gasteiger partial charge on any atom is -0.493 e. The predicted octanol–water partition coefficient (Wildman–Crippen LogP) is 3.50. The van der Waals surface area contributed by atoms with Crippen molar-refractivity contribution in [3.63, 3.8) is 0 Å². The van der Waals surface area contributed by atoms with Gasteiger partial charge in [0.05, 0.1) is 12.9 Å². The lowest BCUT2D eigenvalue weighted by molar-refractivity contribution is 0.298. The summed E-state index contributed by atoms with van der Waals surface area (Å²) in [6.45, 7) is 0.305. The van der Waals surface area contributed by atoms with Crippen molar-refractivity contribution in [3.05, 3.63) is 58.1 Å². The van der Waals surface area contributed by atoms with E-state index < -0.39 is 10.0 Å². The fraction of sp³-hybridized carbons (Fsp3) is 0.250. The molecule has 8 heteroatoms. The fourth-order valence-corrected chi connectivity index (χ4v) is 3.70. The molecule has 2 aromatic carbocycles. The van der Waals surface area contributed by atoms with E-state index in [9.17, 15) is 8.42 Å². The minimum absolute atomic E-state index is 0.131. The van der Waals surface area contributed by atoms with E-state index in [0.29, 0.717) is 27.1 Å². The summed E-state index contributed by atoms with van der Waals surface area (Å²) in [6.07, 6.45) is 0. The molecule has 0 aliphatic rings. The van der Waals surface area contributed by atoms with Gasteiger partial charge in [0.1, 0.15) is 6.61 Å². The number of nitrogens with one attached hydrogen (secondary N) is 1. The number of rotatable bonds is 8. The highest BCUT2D eigenvalue weighted by Gasteiger charge is 2.14. The third-order valence-corrected chi connectivity index (χ3v) is 5.03. The Balaban J connectivity index is 1.86. The lowest BCUT2D eigenvalue weighted by atomic mass is 10.2. The number of ether oxygens (including phenoxy) is 2. The molecule has 0 saturated heterocycles. The summed E-state index contributed by atoms with van der Waals surface area (Å²) in [7, 11) is -1.99. The number of para-hydroxylation sites is 2. The van der Waals surface area contributed by atoms with E-state index in [2.05, 4.69) is 4.72 Å². The van der Waals surface area contributed by atoms with Gasteiger partial charge < -0.3 is 9.47 Å². The van der Waals surface area contributed by atoms with Crippen molar-refractivity contribution in [2.24, 2.45) is 0 Å². The van der Waals surface area contributed by atoms with Gasteiger partial charge in [0.2, 0.25) is 10.0 Å². The van der Waals surface area contributed by atoms with Gasteiger partial charge in [-0.25, -0.2) is 13.1 Å². The van der Waals surface area contributed by atoms with E-state index in [-0.39, 0.29) is 18.9 Å². The van der Waals surface area contributed by atoms with Gasteiger partial charge in [-0.05, 0) is 29.8 Å². The first-order valence-electron chi connectivity index (χ1n) is 7.08. The van der Waals surface area contributed by atoms with Crippen LogP contribution in [0.4, 0.5) is 0 Å². The molecule has 0 bridgehead atoms. The summed E-state index contributed by atoms with van der Waals surface area (Å²) in [5.41, 5.74) is 0.485. The highest BCUT2D eigenvalue weighted by Crippen LogP contribution is 2.25. The van der Waals surface area contributed by atoms with Crippen LogP contribution in [0, 0.1) is 0 Å². The van der Waals surface area contributed by atoms with Crippen LogP contribution in [0.5, 0.6) is 11.5 Å². The van der Waals surface area contributed by atoms with Gasteiger partial charge in [-0.2, -0.15) is 0 Å². The average molecular weight is 390 g/mol. The van der Waals surface area contributed by atoms with Crippen molar-refractivity contribution in [1.82, 2.24) is 4.72 Å². The molecule has 0 aromatic heterocycles. The second kappa shape index (κ2) is 8.58. The highest BCUT2D eigenvalue weighted by molar-refractivity contribution is 7.88. The van der Waals surface area contributed by atoms with Crippen molar-refractivity contribution < 1.29 is 17.9 Å². The third kappa shape index (κ3) is 5.56. The van der Waals surface area contributed by atoms with Crippen LogP contribution in [-0.2, 0) is 15.8 Å². The molecule has 0 unspecified atom stereocenters. The van der Waals surface area contributed by atoms with Crippen LogP contribution in [0.25, 0.3) is 0 Å². The number of benzene rings is 2. The Bertz CT molecular complexity index is 796. The molecule has 0 radical (unpaired) electrons. The van der Waals surface area contributed by atoms with Crippen molar-refractivity contribution in [1.29, 1.82) is 0 Å². The molecule has 0 fully saturated rings. The number of hydrogen-bond donors (Lipinski definition) is 1. The zero-order chi connectivity index (χ0) is 17.6. The van der Waals surface area contributed by atoms with Crippen LogP contribution in [0.1, 0.15) is 5.56 Å². The van der Waals surface area contributed by atoms with Gasteiger partial charge in [0.15, 0.2) is 11.5 Å². The molecule has 1 N–H and O–H groups in total.